The maximum absolute atomic E-state index is 14.0. The number of aromatic nitrogens is 1. The molecule has 0 bridgehead atoms. The average molecular weight is 592 g/mol. The van der Waals surface area contributed by atoms with E-state index in [4.69, 9.17) is 0 Å². The first-order valence-corrected chi connectivity index (χ1v) is 17.3. The van der Waals surface area contributed by atoms with Crippen LogP contribution in [-0.4, -0.2) is 71.9 Å². The zero-order valence-corrected chi connectivity index (χ0v) is 27.2. The number of H-pyrrole nitrogens is 1. The molecule has 1 aromatic heterocycles. The van der Waals surface area contributed by atoms with Gasteiger partial charge in [0, 0.05) is 84.6 Å². The fourth-order valence-corrected chi connectivity index (χ4v) is 9.00. The number of hydrogen-bond acceptors (Lipinski definition) is 5. The molecule has 0 spiro atoms. The number of piperidine rings is 1. The van der Waals surface area contributed by atoms with Crippen molar-refractivity contribution in [2.45, 2.75) is 96.6 Å². The molecule has 2 unspecified atom stereocenters. The Hall–Kier alpha value is -3.14. The number of nitrogens with zero attached hydrogens (tertiary/aromatic N) is 4. The second kappa shape index (κ2) is 11.7. The fraction of sp³-hybridized carbons (Fsp3) is 0.579. The zero-order valence-electron chi connectivity index (χ0n) is 27.2. The number of benzene rings is 2. The van der Waals surface area contributed by atoms with Gasteiger partial charge in [0.25, 0.3) is 0 Å². The molecular weight excluding hydrogens is 542 g/mol. The molecule has 1 N–H and O–H groups in total. The van der Waals surface area contributed by atoms with Crippen molar-refractivity contribution in [3.63, 3.8) is 0 Å². The molecule has 2 aromatic carbocycles. The van der Waals surface area contributed by atoms with Crippen molar-refractivity contribution in [3.8, 4) is 6.07 Å². The summed E-state index contributed by atoms with van der Waals surface area (Å²) >= 11 is 0. The Morgan fingerprint density at radius 2 is 1.64 bits per heavy atom. The van der Waals surface area contributed by atoms with Crippen LogP contribution in [0.1, 0.15) is 111 Å². The number of piperazine rings is 1. The molecular formula is C38H49N5O. The Bertz CT molecular complexity index is 1600. The van der Waals surface area contributed by atoms with Gasteiger partial charge in [-0.15, -0.1) is 0 Å². The van der Waals surface area contributed by atoms with E-state index in [2.05, 4.69) is 65.6 Å². The topological polar surface area (TPSA) is 66.4 Å². The van der Waals surface area contributed by atoms with Crippen LogP contribution >= 0.6 is 0 Å². The second-order valence-electron chi connectivity index (χ2n) is 14.7. The van der Waals surface area contributed by atoms with Gasteiger partial charge in [0.15, 0.2) is 5.78 Å². The monoisotopic (exact) mass is 591 g/mol. The summed E-state index contributed by atoms with van der Waals surface area (Å²) in [6, 6.07) is 13.9. The van der Waals surface area contributed by atoms with Crippen LogP contribution in [0.4, 0.5) is 5.69 Å². The van der Waals surface area contributed by atoms with Crippen LogP contribution in [0.2, 0.25) is 0 Å². The van der Waals surface area contributed by atoms with Gasteiger partial charge in [-0.1, -0.05) is 53.0 Å². The third-order valence-corrected chi connectivity index (χ3v) is 11.6. The van der Waals surface area contributed by atoms with Gasteiger partial charge < -0.3 is 9.88 Å². The molecule has 3 aromatic rings. The van der Waals surface area contributed by atoms with E-state index in [1.165, 1.54) is 82.4 Å². The Kier molecular flexibility index (Phi) is 7.83. The van der Waals surface area contributed by atoms with Crippen LogP contribution in [0.3, 0.4) is 0 Å². The van der Waals surface area contributed by atoms with E-state index in [-0.39, 0.29) is 11.2 Å². The van der Waals surface area contributed by atoms with E-state index in [0.29, 0.717) is 11.6 Å². The lowest BCUT2D eigenvalue weighted by atomic mass is 9.70. The molecule has 2 saturated heterocycles. The zero-order chi connectivity index (χ0) is 30.6. The highest BCUT2D eigenvalue weighted by atomic mass is 16.1. The number of carbonyl (C=O) groups is 1. The predicted octanol–water partition coefficient (Wildman–Crippen LogP) is 7.03. The molecule has 6 nitrogen and oxygen atoms in total. The number of nitriles is 1. The standard InChI is InChI=1S/C38H49N5O/c1-5-27-22-31-32(38(3,4)37-35(36(31)44)30-11-10-26(24-39)21-33(30)40-37)23-34(27)43-14-12-28(13-15-43)41-16-18-42(19-17-41)29-9-7-6-8-25(2)20-29/h10-11,21-23,25,28-29,40H,5-9,12-20H2,1-4H3. The lowest BCUT2D eigenvalue weighted by Gasteiger charge is -2.45. The van der Waals surface area contributed by atoms with Crippen molar-refractivity contribution >= 4 is 22.4 Å². The molecule has 3 fully saturated rings. The van der Waals surface area contributed by atoms with Crippen LogP contribution in [0.5, 0.6) is 0 Å². The van der Waals surface area contributed by atoms with Gasteiger partial charge in [0.1, 0.15) is 0 Å². The third kappa shape index (κ3) is 5.07. The molecule has 7 rings (SSSR count). The van der Waals surface area contributed by atoms with Crippen molar-refractivity contribution in [3.05, 3.63) is 63.8 Å². The third-order valence-electron chi connectivity index (χ3n) is 11.6. The van der Waals surface area contributed by atoms with Crippen LogP contribution in [-0.2, 0) is 11.8 Å². The number of nitrogens with one attached hydrogen (secondary N) is 1. The van der Waals surface area contributed by atoms with Gasteiger partial charge in [-0.25, -0.2) is 0 Å². The Morgan fingerprint density at radius 3 is 2.34 bits per heavy atom. The lowest BCUT2D eigenvalue weighted by Crippen LogP contribution is -2.55. The predicted molar refractivity (Wildman–Crippen MR) is 179 cm³/mol. The molecule has 44 heavy (non-hydrogen) atoms. The summed E-state index contributed by atoms with van der Waals surface area (Å²) in [6.07, 6.45) is 10.4. The number of rotatable bonds is 4. The van der Waals surface area contributed by atoms with Gasteiger partial charge in [-0.2, -0.15) is 5.26 Å². The molecule has 2 aliphatic heterocycles. The summed E-state index contributed by atoms with van der Waals surface area (Å²) < 4.78 is 0. The molecule has 0 radical (unpaired) electrons. The van der Waals surface area contributed by atoms with E-state index in [9.17, 15) is 10.1 Å². The van der Waals surface area contributed by atoms with Crippen molar-refractivity contribution in [2.75, 3.05) is 44.2 Å². The number of anilines is 1. The van der Waals surface area contributed by atoms with E-state index in [0.717, 1.165) is 64.8 Å². The molecule has 4 aliphatic rings. The number of hydrogen-bond donors (Lipinski definition) is 1. The van der Waals surface area contributed by atoms with Crippen LogP contribution in [0.15, 0.2) is 30.3 Å². The maximum atomic E-state index is 14.0. The maximum Gasteiger partial charge on any atom is 0.195 e. The van der Waals surface area contributed by atoms with E-state index in [1.807, 2.05) is 18.2 Å². The Morgan fingerprint density at radius 1 is 0.932 bits per heavy atom. The highest BCUT2D eigenvalue weighted by Gasteiger charge is 2.41. The molecule has 3 heterocycles. The summed E-state index contributed by atoms with van der Waals surface area (Å²) in [5, 5.41) is 10.3. The summed E-state index contributed by atoms with van der Waals surface area (Å²) in [5.41, 5.74) is 7.39. The van der Waals surface area contributed by atoms with E-state index >= 15 is 0 Å². The summed E-state index contributed by atoms with van der Waals surface area (Å²) in [5.74, 6) is 0.981. The van der Waals surface area contributed by atoms with Crippen LogP contribution in [0, 0.1) is 17.2 Å². The normalized spacial score (nSPS) is 25.0. The van der Waals surface area contributed by atoms with Gasteiger partial charge >= 0.3 is 0 Å². The largest absolute Gasteiger partial charge is 0.371 e. The van der Waals surface area contributed by atoms with Gasteiger partial charge in [-0.3, -0.25) is 14.6 Å². The number of fused-ring (bicyclic) bond motifs is 4. The minimum atomic E-state index is -0.349. The summed E-state index contributed by atoms with van der Waals surface area (Å²) in [7, 11) is 0. The van der Waals surface area contributed by atoms with Crippen LogP contribution in [0.25, 0.3) is 10.9 Å². The molecule has 2 aliphatic carbocycles. The lowest BCUT2D eigenvalue weighted by molar-refractivity contribution is 0.0535. The molecule has 232 valence electrons. The van der Waals surface area contributed by atoms with Gasteiger partial charge in [0.05, 0.1) is 17.2 Å². The van der Waals surface area contributed by atoms with E-state index in [1.54, 1.807) is 0 Å². The summed E-state index contributed by atoms with van der Waals surface area (Å²) in [4.78, 5) is 25.8. The Balaban J connectivity index is 1.07. The molecule has 6 heteroatoms. The van der Waals surface area contributed by atoms with Crippen molar-refractivity contribution in [1.29, 1.82) is 5.26 Å². The average Bonchev–Trinajstić information content (AvgIpc) is 3.31. The minimum absolute atomic E-state index is 0.0997. The highest BCUT2D eigenvalue weighted by molar-refractivity contribution is 6.20. The number of aryl methyl sites for hydroxylation is 1. The van der Waals surface area contributed by atoms with Gasteiger partial charge in [-0.05, 0) is 73.4 Å². The number of carbonyl (C=O) groups excluding carboxylic acids is 1. The molecule has 0 amide bonds. The number of ketones is 1. The smallest absolute Gasteiger partial charge is 0.195 e. The minimum Gasteiger partial charge on any atom is -0.371 e. The first kappa shape index (κ1) is 29.6. The number of aromatic amines is 1. The molecule has 1 saturated carbocycles. The highest BCUT2D eigenvalue weighted by Crippen LogP contribution is 2.46. The first-order valence-electron chi connectivity index (χ1n) is 17.3. The fourth-order valence-electron chi connectivity index (χ4n) is 9.00. The quantitative estimate of drug-likeness (QED) is 0.330. The second-order valence-corrected chi connectivity index (χ2v) is 14.7. The van der Waals surface area contributed by atoms with E-state index < -0.39 is 0 Å². The van der Waals surface area contributed by atoms with Crippen molar-refractivity contribution in [2.24, 2.45) is 5.92 Å². The van der Waals surface area contributed by atoms with Gasteiger partial charge in [0.2, 0.25) is 0 Å². The SMILES string of the molecule is CCc1cc2c(cc1N1CCC(N3CCN(C4CCCCC(C)C4)CC3)CC1)C(C)(C)c1[nH]c3cc(C#N)ccc3c1C2=O. The van der Waals surface area contributed by atoms with Crippen molar-refractivity contribution < 1.29 is 4.79 Å². The first-order chi connectivity index (χ1) is 21.3. The van der Waals surface area contributed by atoms with Crippen molar-refractivity contribution in [1.82, 2.24) is 14.8 Å². The Labute approximate surface area is 263 Å². The molecule has 2 atom stereocenters. The van der Waals surface area contributed by atoms with Crippen LogP contribution < -0.4 is 4.90 Å². The summed E-state index contributed by atoms with van der Waals surface area (Å²) in [6.45, 7) is 16.2.